The molecule has 0 fully saturated rings. The highest BCUT2D eigenvalue weighted by atomic mass is 32.1. The van der Waals surface area contributed by atoms with Gasteiger partial charge in [-0.05, 0) is 53.9 Å². The summed E-state index contributed by atoms with van der Waals surface area (Å²) in [5.41, 5.74) is 2.28. The number of carbonyl (C=O) groups excluding carboxylic acids is 3. The predicted octanol–water partition coefficient (Wildman–Crippen LogP) is 4.00. The van der Waals surface area contributed by atoms with Gasteiger partial charge in [-0.3, -0.25) is 19.3 Å². The van der Waals surface area contributed by atoms with Crippen LogP contribution in [0.2, 0.25) is 0 Å². The molecular formula is C22H17N3O3S. The lowest BCUT2D eigenvalue weighted by atomic mass is 10.1. The number of anilines is 3. The Balaban J connectivity index is 1.46. The molecule has 4 rings (SSSR count). The lowest BCUT2D eigenvalue weighted by Crippen LogP contribution is -2.42. The number of nitrogens with one attached hydrogen (secondary N) is 2. The first-order valence-corrected chi connectivity index (χ1v) is 9.81. The molecule has 2 aromatic carbocycles. The fourth-order valence-corrected chi connectivity index (χ4v) is 3.61. The maximum Gasteiger partial charge on any atom is 0.258 e. The zero-order valence-corrected chi connectivity index (χ0v) is 16.1. The molecule has 2 N–H and O–H groups in total. The molecule has 3 amide bonds. The number of carbonyl (C=O) groups is 3. The van der Waals surface area contributed by atoms with E-state index in [1.165, 1.54) is 11.0 Å². The van der Waals surface area contributed by atoms with Crippen LogP contribution in [0.4, 0.5) is 17.1 Å². The lowest BCUT2D eigenvalue weighted by Gasteiger charge is -2.29. The molecule has 0 aliphatic carbocycles. The van der Waals surface area contributed by atoms with E-state index < -0.39 is 0 Å². The average Bonchev–Trinajstić information content (AvgIpc) is 3.25. The summed E-state index contributed by atoms with van der Waals surface area (Å²) in [6.07, 6.45) is 3.21. The summed E-state index contributed by atoms with van der Waals surface area (Å²) in [6.45, 7) is -0.0398. The molecule has 3 aromatic rings. The monoisotopic (exact) mass is 403 g/mol. The van der Waals surface area contributed by atoms with Crippen molar-refractivity contribution in [3.8, 4) is 0 Å². The van der Waals surface area contributed by atoms with E-state index in [4.69, 9.17) is 0 Å². The van der Waals surface area contributed by atoms with Crippen LogP contribution in [0, 0.1) is 0 Å². The van der Waals surface area contributed by atoms with Gasteiger partial charge in [-0.15, -0.1) is 11.3 Å². The third-order valence-electron chi connectivity index (χ3n) is 4.36. The molecule has 29 heavy (non-hydrogen) atoms. The Labute approximate surface area is 171 Å². The summed E-state index contributed by atoms with van der Waals surface area (Å²) in [5, 5.41) is 7.47. The highest BCUT2D eigenvalue weighted by molar-refractivity contribution is 7.10. The topological polar surface area (TPSA) is 78.5 Å². The maximum atomic E-state index is 12.9. The standard InChI is InChI=1S/C22H17N3O3S/c26-20(12-11-17-4-3-13-29-17)23-16-9-7-15(8-10-16)22(28)25-14-21(27)24-18-5-1-2-6-19(18)25/h1-13H,14H2,(H,23,26)(H,24,27)/b12-11+. The molecule has 1 aliphatic heterocycles. The van der Waals surface area contributed by atoms with Crippen LogP contribution in [0.1, 0.15) is 15.2 Å². The molecule has 144 valence electrons. The van der Waals surface area contributed by atoms with Crippen LogP contribution in [0.15, 0.2) is 72.1 Å². The van der Waals surface area contributed by atoms with E-state index in [-0.39, 0.29) is 24.3 Å². The van der Waals surface area contributed by atoms with Crippen molar-refractivity contribution in [1.82, 2.24) is 0 Å². The number of benzene rings is 2. The van der Waals surface area contributed by atoms with Gasteiger partial charge in [0.15, 0.2) is 0 Å². The van der Waals surface area contributed by atoms with Crippen molar-refractivity contribution in [1.29, 1.82) is 0 Å². The number of amides is 3. The SMILES string of the molecule is O=C(/C=C/c1cccs1)Nc1ccc(C(=O)N2CC(=O)Nc3ccccc32)cc1. The van der Waals surface area contributed by atoms with Gasteiger partial charge in [-0.1, -0.05) is 18.2 Å². The van der Waals surface area contributed by atoms with E-state index in [0.29, 0.717) is 22.6 Å². The Morgan fingerprint density at radius 3 is 2.59 bits per heavy atom. The van der Waals surface area contributed by atoms with Crippen LogP contribution >= 0.6 is 11.3 Å². The molecule has 1 aliphatic rings. The van der Waals surface area contributed by atoms with Crippen molar-refractivity contribution in [2.45, 2.75) is 0 Å². The molecule has 6 nitrogen and oxygen atoms in total. The average molecular weight is 403 g/mol. The Hall–Kier alpha value is -3.71. The molecule has 0 spiro atoms. The fraction of sp³-hybridized carbons (Fsp3) is 0.0455. The number of fused-ring (bicyclic) bond motifs is 1. The van der Waals surface area contributed by atoms with E-state index in [2.05, 4.69) is 10.6 Å². The Kier molecular flexibility index (Phi) is 5.22. The molecule has 0 bridgehead atoms. The van der Waals surface area contributed by atoms with E-state index in [1.807, 2.05) is 23.6 Å². The maximum absolute atomic E-state index is 12.9. The zero-order valence-electron chi connectivity index (χ0n) is 15.3. The number of para-hydroxylation sites is 2. The van der Waals surface area contributed by atoms with Gasteiger partial charge in [0, 0.05) is 22.2 Å². The van der Waals surface area contributed by atoms with Crippen LogP contribution in [0.5, 0.6) is 0 Å². The quantitative estimate of drug-likeness (QED) is 0.647. The van der Waals surface area contributed by atoms with Gasteiger partial charge in [0.2, 0.25) is 11.8 Å². The molecule has 0 unspecified atom stereocenters. The van der Waals surface area contributed by atoms with Crippen molar-refractivity contribution in [2.24, 2.45) is 0 Å². The highest BCUT2D eigenvalue weighted by Crippen LogP contribution is 2.30. The Morgan fingerprint density at radius 2 is 1.83 bits per heavy atom. The zero-order chi connectivity index (χ0) is 20.2. The summed E-state index contributed by atoms with van der Waals surface area (Å²) in [5.74, 6) is -0.764. The molecule has 1 aromatic heterocycles. The van der Waals surface area contributed by atoms with Gasteiger partial charge < -0.3 is 10.6 Å². The Bertz CT molecular complexity index is 1090. The van der Waals surface area contributed by atoms with E-state index in [9.17, 15) is 14.4 Å². The van der Waals surface area contributed by atoms with Crippen molar-refractivity contribution in [2.75, 3.05) is 22.1 Å². The smallest absolute Gasteiger partial charge is 0.258 e. The van der Waals surface area contributed by atoms with E-state index in [1.54, 1.807) is 59.9 Å². The number of hydrogen-bond donors (Lipinski definition) is 2. The van der Waals surface area contributed by atoms with E-state index in [0.717, 1.165) is 4.88 Å². The van der Waals surface area contributed by atoms with Crippen LogP contribution in [-0.4, -0.2) is 24.3 Å². The molecule has 0 atom stereocenters. The van der Waals surface area contributed by atoms with Gasteiger partial charge in [-0.25, -0.2) is 0 Å². The molecule has 0 radical (unpaired) electrons. The minimum atomic E-state index is -0.275. The number of hydrogen-bond acceptors (Lipinski definition) is 4. The van der Waals surface area contributed by atoms with Gasteiger partial charge in [0.1, 0.15) is 6.54 Å². The second-order valence-electron chi connectivity index (χ2n) is 6.37. The highest BCUT2D eigenvalue weighted by Gasteiger charge is 2.27. The predicted molar refractivity (Wildman–Crippen MR) is 115 cm³/mol. The normalized spacial score (nSPS) is 13.1. The summed E-state index contributed by atoms with van der Waals surface area (Å²) in [6, 6.07) is 17.6. The number of rotatable bonds is 4. The third kappa shape index (κ3) is 4.25. The summed E-state index contributed by atoms with van der Waals surface area (Å²) < 4.78 is 0. The summed E-state index contributed by atoms with van der Waals surface area (Å²) >= 11 is 1.55. The third-order valence-corrected chi connectivity index (χ3v) is 5.19. The van der Waals surface area contributed by atoms with Crippen LogP contribution in [0.25, 0.3) is 6.08 Å². The first-order chi connectivity index (χ1) is 14.1. The molecule has 0 saturated heterocycles. The number of nitrogens with zero attached hydrogens (tertiary/aromatic N) is 1. The molecule has 2 heterocycles. The lowest BCUT2D eigenvalue weighted by molar-refractivity contribution is -0.115. The second-order valence-corrected chi connectivity index (χ2v) is 7.35. The number of thiophene rings is 1. The first kappa shape index (κ1) is 18.6. The largest absolute Gasteiger partial charge is 0.323 e. The van der Waals surface area contributed by atoms with Crippen LogP contribution in [0.3, 0.4) is 0 Å². The molecular weight excluding hydrogens is 386 g/mol. The van der Waals surface area contributed by atoms with Gasteiger partial charge in [0.05, 0.1) is 11.4 Å². The second kappa shape index (κ2) is 8.12. The molecule has 7 heteroatoms. The minimum absolute atomic E-state index is 0.0398. The van der Waals surface area contributed by atoms with Crippen molar-refractivity contribution < 1.29 is 14.4 Å². The molecule has 0 saturated carbocycles. The van der Waals surface area contributed by atoms with Crippen molar-refractivity contribution in [3.05, 3.63) is 82.6 Å². The fourth-order valence-electron chi connectivity index (χ4n) is 2.99. The van der Waals surface area contributed by atoms with Gasteiger partial charge in [-0.2, -0.15) is 0 Å². The minimum Gasteiger partial charge on any atom is -0.323 e. The summed E-state index contributed by atoms with van der Waals surface area (Å²) in [4.78, 5) is 39.3. The van der Waals surface area contributed by atoms with E-state index >= 15 is 0 Å². The van der Waals surface area contributed by atoms with Crippen LogP contribution < -0.4 is 15.5 Å². The van der Waals surface area contributed by atoms with Crippen molar-refractivity contribution >= 4 is 52.2 Å². The van der Waals surface area contributed by atoms with Gasteiger partial charge in [0.25, 0.3) is 5.91 Å². The Morgan fingerprint density at radius 1 is 1.03 bits per heavy atom. The van der Waals surface area contributed by atoms with Gasteiger partial charge >= 0.3 is 0 Å². The van der Waals surface area contributed by atoms with Crippen molar-refractivity contribution in [3.63, 3.8) is 0 Å². The van der Waals surface area contributed by atoms with Crippen LogP contribution in [-0.2, 0) is 9.59 Å². The summed E-state index contributed by atoms with van der Waals surface area (Å²) in [7, 11) is 0. The first-order valence-electron chi connectivity index (χ1n) is 8.93.